The van der Waals surface area contributed by atoms with Crippen molar-refractivity contribution in [2.75, 3.05) is 11.9 Å². The molecule has 4 N–H and O–H groups in total. The van der Waals surface area contributed by atoms with E-state index in [2.05, 4.69) is 177 Å². The molecule has 1 aliphatic rings. The number of aromatic nitrogens is 1. The molecule has 6 aromatic rings. The molecule has 49 heavy (non-hydrogen) atoms. The Labute approximate surface area is 292 Å². The van der Waals surface area contributed by atoms with Crippen LogP contribution in [0, 0.1) is 6.92 Å². The van der Waals surface area contributed by atoms with E-state index in [-0.39, 0.29) is 0 Å². The number of pyridine rings is 1. The summed E-state index contributed by atoms with van der Waals surface area (Å²) in [5.41, 5.74) is 10.5. The van der Waals surface area contributed by atoms with Crippen LogP contribution in [0.1, 0.15) is 40.7 Å². The average Bonchev–Trinajstić information content (AvgIpc) is 3.18. The van der Waals surface area contributed by atoms with Crippen LogP contribution in [0.2, 0.25) is 0 Å². The number of benzene rings is 5. The standard InChI is InChI=1S/C24H20N2.C14H14.C7H8.H4N2/c1-18-13-14-21(19-9-5-3-6-10-19)17-26(2)24-22(18)15-16-23(25-24)20-11-7-4-8-12-20;1-12(13-8-4-2-5-9-13)14-10-6-3-7-11-14;1-7-5-3-2-4-6-7;1-2/h3-17H,1H2,2H3;2-12H,1H3;2-6H,1H3;1-2H2/b14-13-,21-17+;;;. The Morgan fingerprint density at radius 1 is 0.571 bits per heavy atom. The van der Waals surface area contributed by atoms with E-state index in [9.17, 15) is 0 Å². The summed E-state index contributed by atoms with van der Waals surface area (Å²) >= 11 is 0. The lowest BCUT2D eigenvalue weighted by molar-refractivity contribution is 0.922. The molecule has 0 aliphatic carbocycles. The van der Waals surface area contributed by atoms with E-state index < -0.39 is 0 Å². The van der Waals surface area contributed by atoms with Gasteiger partial charge in [-0.2, -0.15) is 0 Å². The molecule has 7 rings (SSSR count). The van der Waals surface area contributed by atoms with E-state index in [1.54, 1.807) is 0 Å². The van der Waals surface area contributed by atoms with Crippen LogP contribution in [0.4, 0.5) is 5.82 Å². The van der Waals surface area contributed by atoms with Crippen molar-refractivity contribution in [3.8, 4) is 11.3 Å². The first-order chi connectivity index (χ1) is 24.0. The van der Waals surface area contributed by atoms with Gasteiger partial charge in [-0.25, -0.2) is 4.98 Å². The maximum Gasteiger partial charge on any atom is 0.140 e. The van der Waals surface area contributed by atoms with Gasteiger partial charge >= 0.3 is 0 Å². The molecule has 0 fully saturated rings. The smallest absolute Gasteiger partial charge is 0.140 e. The number of hydrogen-bond acceptors (Lipinski definition) is 4. The van der Waals surface area contributed by atoms with Gasteiger partial charge in [0.1, 0.15) is 5.82 Å². The third kappa shape index (κ3) is 10.6. The molecule has 4 nitrogen and oxygen atoms in total. The fourth-order valence-corrected chi connectivity index (χ4v) is 5.34. The van der Waals surface area contributed by atoms with Gasteiger partial charge in [-0.3, -0.25) is 11.7 Å². The number of nitrogens with two attached hydrogens (primary N) is 2. The second-order valence-electron chi connectivity index (χ2n) is 11.6. The van der Waals surface area contributed by atoms with Gasteiger partial charge in [0, 0.05) is 30.3 Å². The Morgan fingerprint density at radius 3 is 1.49 bits per heavy atom. The summed E-state index contributed by atoms with van der Waals surface area (Å²) < 4.78 is 0. The number of anilines is 1. The Morgan fingerprint density at radius 2 is 1.02 bits per heavy atom. The third-order valence-electron chi connectivity index (χ3n) is 8.07. The van der Waals surface area contributed by atoms with Crippen LogP contribution >= 0.6 is 0 Å². The molecule has 0 radical (unpaired) electrons. The van der Waals surface area contributed by atoms with E-state index >= 15 is 0 Å². The molecule has 246 valence electrons. The highest BCUT2D eigenvalue weighted by Gasteiger charge is 2.15. The Bertz CT molecular complexity index is 1860. The van der Waals surface area contributed by atoms with Gasteiger partial charge in [-0.1, -0.05) is 183 Å². The van der Waals surface area contributed by atoms with Crippen LogP contribution in [0.15, 0.2) is 189 Å². The van der Waals surface area contributed by atoms with Crippen molar-refractivity contribution in [1.82, 2.24) is 4.98 Å². The number of allylic oxidation sites excluding steroid dienone is 4. The molecule has 0 bridgehead atoms. The van der Waals surface area contributed by atoms with Crippen LogP contribution in [0.3, 0.4) is 0 Å². The molecule has 1 aliphatic heterocycles. The van der Waals surface area contributed by atoms with Crippen LogP contribution < -0.4 is 16.6 Å². The van der Waals surface area contributed by atoms with Gasteiger partial charge in [0.15, 0.2) is 0 Å². The zero-order valence-electron chi connectivity index (χ0n) is 28.7. The van der Waals surface area contributed by atoms with E-state index in [4.69, 9.17) is 4.98 Å². The van der Waals surface area contributed by atoms with Gasteiger partial charge < -0.3 is 4.90 Å². The lowest BCUT2D eigenvalue weighted by Gasteiger charge is -2.22. The summed E-state index contributed by atoms with van der Waals surface area (Å²) in [6, 6.07) is 56.2. The molecular formula is C45H46N4. The lowest BCUT2D eigenvalue weighted by Crippen LogP contribution is -2.14. The highest BCUT2D eigenvalue weighted by atomic mass is 15.1. The minimum Gasteiger partial charge on any atom is -0.335 e. The van der Waals surface area contributed by atoms with Crippen LogP contribution in [-0.4, -0.2) is 12.0 Å². The second-order valence-corrected chi connectivity index (χ2v) is 11.6. The zero-order chi connectivity index (χ0) is 34.8. The molecule has 0 atom stereocenters. The molecule has 1 aromatic heterocycles. The minimum absolute atomic E-state index is 0.484. The summed E-state index contributed by atoms with van der Waals surface area (Å²) in [6.45, 7) is 8.57. The maximum absolute atomic E-state index is 4.93. The summed E-state index contributed by atoms with van der Waals surface area (Å²) in [7, 11) is 2.04. The van der Waals surface area contributed by atoms with Gasteiger partial charge in [0.25, 0.3) is 0 Å². The first-order valence-corrected chi connectivity index (χ1v) is 16.4. The predicted octanol–water partition coefficient (Wildman–Crippen LogP) is 10.5. The molecular weight excluding hydrogens is 597 g/mol. The summed E-state index contributed by atoms with van der Waals surface area (Å²) in [4.78, 5) is 7.01. The van der Waals surface area contributed by atoms with Crippen LogP contribution in [0.5, 0.6) is 0 Å². The maximum atomic E-state index is 4.93. The van der Waals surface area contributed by atoms with Crippen molar-refractivity contribution in [1.29, 1.82) is 0 Å². The number of aryl methyl sites for hydroxylation is 1. The van der Waals surface area contributed by atoms with Crippen molar-refractivity contribution < 1.29 is 0 Å². The average molecular weight is 643 g/mol. The molecule has 5 aromatic carbocycles. The largest absolute Gasteiger partial charge is 0.335 e. The van der Waals surface area contributed by atoms with Crippen molar-refractivity contribution in [2.45, 2.75) is 19.8 Å². The minimum atomic E-state index is 0.484. The molecule has 0 spiro atoms. The summed E-state index contributed by atoms with van der Waals surface area (Å²) in [5.74, 6) is 9.39. The monoisotopic (exact) mass is 642 g/mol. The highest BCUT2D eigenvalue weighted by Crippen LogP contribution is 2.32. The van der Waals surface area contributed by atoms with Gasteiger partial charge in [0.05, 0.1) is 5.69 Å². The number of hydrogen-bond donors (Lipinski definition) is 2. The second kappa shape index (κ2) is 19.1. The molecule has 0 saturated carbocycles. The van der Waals surface area contributed by atoms with E-state index in [1.165, 1.54) is 22.3 Å². The van der Waals surface area contributed by atoms with Crippen molar-refractivity contribution in [3.05, 3.63) is 217 Å². The zero-order valence-corrected chi connectivity index (χ0v) is 28.7. The lowest BCUT2D eigenvalue weighted by atomic mass is 9.93. The summed E-state index contributed by atoms with van der Waals surface area (Å²) in [5, 5.41) is 0. The molecule has 0 unspecified atom stereocenters. The Hall–Kier alpha value is -5.81. The summed E-state index contributed by atoms with van der Waals surface area (Å²) in [6.07, 6.45) is 6.30. The highest BCUT2D eigenvalue weighted by molar-refractivity contribution is 5.88. The fraction of sp³-hybridized carbons (Fsp3) is 0.0889. The number of nitrogens with zero attached hydrogens (tertiary/aromatic N) is 2. The Balaban J connectivity index is 0.000000195. The number of rotatable bonds is 4. The number of hydrazine groups is 1. The van der Waals surface area contributed by atoms with Crippen LogP contribution in [0.25, 0.3) is 22.4 Å². The van der Waals surface area contributed by atoms with Gasteiger partial charge in [0.2, 0.25) is 0 Å². The normalized spacial score (nSPS) is 13.3. The van der Waals surface area contributed by atoms with E-state index in [0.29, 0.717) is 5.92 Å². The van der Waals surface area contributed by atoms with Gasteiger partial charge in [-0.15, -0.1) is 0 Å². The quantitative estimate of drug-likeness (QED) is 0.148. The molecule has 4 heteroatoms. The van der Waals surface area contributed by atoms with Gasteiger partial charge in [-0.05, 0) is 46.9 Å². The SMILES string of the molecule is C=C1/C=C\C(c2ccccc2)=C/N(C)c2nc(-c3ccccc3)ccc21.CC(c1ccccc1)c1ccccc1.Cc1ccccc1.NN. The molecule has 2 heterocycles. The predicted molar refractivity (Wildman–Crippen MR) is 211 cm³/mol. The fourth-order valence-electron chi connectivity index (χ4n) is 5.34. The topological polar surface area (TPSA) is 68.2 Å². The van der Waals surface area contributed by atoms with E-state index in [1.807, 2.05) is 49.5 Å². The molecule has 0 amide bonds. The van der Waals surface area contributed by atoms with Crippen LogP contribution in [-0.2, 0) is 0 Å². The van der Waals surface area contributed by atoms with E-state index in [0.717, 1.165) is 33.8 Å². The van der Waals surface area contributed by atoms with Crippen molar-refractivity contribution in [3.63, 3.8) is 0 Å². The molecule has 0 saturated heterocycles. The third-order valence-corrected chi connectivity index (χ3v) is 8.07. The van der Waals surface area contributed by atoms with Crippen molar-refractivity contribution >= 4 is 17.0 Å². The van der Waals surface area contributed by atoms with Crippen molar-refractivity contribution in [2.24, 2.45) is 11.7 Å². The Kier molecular flexibility index (Phi) is 14.1. The first-order valence-electron chi connectivity index (χ1n) is 16.4. The number of fused-ring (bicyclic) bond motifs is 1. The first kappa shape index (κ1) is 36.0.